The largest absolute Gasteiger partial charge is 0.481 e. The minimum atomic E-state index is -0.722. The zero-order valence-corrected chi connectivity index (χ0v) is 15.4. The van der Waals surface area contributed by atoms with Crippen molar-refractivity contribution in [3.8, 4) is 0 Å². The molecule has 2 N–H and O–H groups in total. The molecule has 0 aliphatic heterocycles. The predicted molar refractivity (Wildman–Crippen MR) is 93.6 cm³/mol. The third kappa shape index (κ3) is 13.1. The van der Waals surface area contributed by atoms with Gasteiger partial charge >= 0.3 is 11.9 Å². The lowest BCUT2D eigenvalue weighted by Crippen LogP contribution is -2.18. The van der Waals surface area contributed by atoms with E-state index < -0.39 is 11.9 Å². The van der Waals surface area contributed by atoms with Crippen LogP contribution in [0, 0.1) is 17.3 Å². The summed E-state index contributed by atoms with van der Waals surface area (Å²) < 4.78 is 0. The number of aliphatic carboxylic acids is 2. The van der Waals surface area contributed by atoms with Crippen molar-refractivity contribution in [1.29, 1.82) is 0 Å². The lowest BCUT2D eigenvalue weighted by Gasteiger charge is -2.28. The molecule has 136 valence electrons. The molecule has 0 radical (unpaired) electrons. The predicted octanol–water partition coefficient (Wildman–Crippen LogP) is 5.36. The molecule has 2 unspecified atom stereocenters. The van der Waals surface area contributed by atoms with Crippen LogP contribution in [0.3, 0.4) is 0 Å². The summed E-state index contributed by atoms with van der Waals surface area (Å²) in [6.45, 7) is 8.55. The highest BCUT2D eigenvalue weighted by molar-refractivity contribution is 5.67. The SMILES string of the molecule is CCCCC(CCCCC(C)(C)CC(C)CC(=O)O)CC(=O)O. The number of carboxylic acids is 2. The van der Waals surface area contributed by atoms with Crippen molar-refractivity contribution in [1.82, 2.24) is 0 Å². The van der Waals surface area contributed by atoms with Crippen LogP contribution in [0.15, 0.2) is 0 Å². The summed E-state index contributed by atoms with van der Waals surface area (Å²) in [7, 11) is 0. The van der Waals surface area contributed by atoms with Gasteiger partial charge in [-0.05, 0) is 42.9 Å². The van der Waals surface area contributed by atoms with Crippen LogP contribution in [0.1, 0.15) is 91.9 Å². The number of hydrogen-bond donors (Lipinski definition) is 2. The first-order valence-corrected chi connectivity index (χ1v) is 9.10. The molecule has 0 saturated heterocycles. The average molecular weight is 328 g/mol. The first-order chi connectivity index (χ1) is 10.7. The lowest BCUT2D eigenvalue weighted by atomic mass is 9.78. The highest BCUT2D eigenvalue weighted by Gasteiger charge is 2.22. The summed E-state index contributed by atoms with van der Waals surface area (Å²) in [5.41, 5.74) is 0.153. The summed E-state index contributed by atoms with van der Waals surface area (Å²) in [5, 5.41) is 17.8. The van der Waals surface area contributed by atoms with Crippen molar-refractivity contribution >= 4 is 11.9 Å². The molecule has 23 heavy (non-hydrogen) atoms. The van der Waals surface area contributed by atoms with Gasteiger partial charge in [-0.1, -0.05) is 53.4 Å². The molecule has 0 saturated carbocycles. The van der Waals surface area contributed by atoms with Crippen LogP contribution in [-0.2, 0) is 9.59 Å². The third-order valence-corrected chi connectivity index (χ3v) is 4.57. The van der Waals surface area contributed by atoms with Gasteiger partial charge in [0.25, 0.3) is 0 Å². The normalized spacial score (nSPS) is 14.4. The van der Waals surface area contributed by atoms with Crippen molar-refractivity contribution in [2.24, 2.45) is 17.3 Å². The van der Waals surface area contributed by atoms with Gasteiger partial charge in [0.1, 0.15) is 0 Å². The van der Waals surface area contributed by atoms with Gasteiger partial charge in [0.15, 0.2) is 0 Å². The third-order valence-electron chi connectivity index (χ3n) is 4.57. The zero-order chi connectivity index (χ0) is 17.9. The highest BCUT2D eigenvalue weighted by Crippen LogP contribution is 2.33. The van der Waals surface area contributed by atoms with Crippen LogP contribution in [0.5, 0.6) is 0 Å². The molecule has 0 spiro atoms. The number of hydrogen-bond acceptors (Lipinski definition) is 2. The summed E-state index contributed by atoms with van der Waals surface area (Å²) in [6.07, 6.45) is 8.92. The maximum absolute atomic E-state index is 10.9. The fourth-order valence-corrected chi connectivity index (χ4v) is 3.54. The fourth-order valence-electron chi connectivity index (χ4n) is 3.54. The standard InChI is InChI=1S/C19H36O4/c1-5-6-9-16(13-18(22)23)10-7-8-11-19(3,4)14-15(2)12-17(20)21/h15-16H,5-14H2,1-4H3,(H,20,21)(H,22,23). The molecule has 0 fully saturated rings. The second-order valence-electron chi connectivity index (χ2n) is 7.92. The Morgan fingerprint density at radius 3 is 2.04 bits per heavy atom. The van der Waals surface area contributed by atoms with E-state index >= 15 is 0 Å². The first kappa shape index (κ1) is 21.9. The molecule has 0 aromatic heterocycles. The molecule has 0 amide bonds. The molecule has 2 atom stereocenters. The summed E-state index contributed by atoms with van der Waals surface area (Å²) in [6, 6.07) is 0. The smallest absolute Gasteiger partial charge is 0.303 e. The minimum absolute atomic E-state index is 0.153. The summed E-state index contributed by atoms with van der Waals surface area (Å²) in [4.78, 5) is 21.7. The lowest BCUT2D eigenvalue weighted by molar-refractivity contribution is -0.139. The van der Waals surface area contributed by atoms with Crippen LogP contribution in [0.4, 0.5) is 0 Å². The van der Waals surface area contributed by atoms with Crippen molar-refractivity contribution in [3.05, 3.63) is 0 Å². The second kappa shape index (κ2) is 11.5. The number of carboxylic acid groups (broad SMARTS) is 2. The maximum atomic E-state index is 10.9. The van der Waals surface area contributed by atoms with E-state index in [0.29, 0.717) is 12.3 Å². The van der Waals surface area contributed by atoms with Crippen LogP contribution in [0.2, 0.25) is 0 Å². The van der Waals surface area contributed by atoms with Crippen LogP contribution in [-0.4, -0.2) is 22.2 Å². The van der Waals surface area contributed by atoms with Crippen LogP contribution >= 0.6 is 0 Å². The van der Waals surface area contributed by atoms with Gasteiger partial charge in [-0.25, -0.2) is 0 Å². The van der Waals surface area contributed by atoms with Gasteiger partial charge in [0.2, 0.25) is 0 Å². The summed E-state index contributed by atoms with van der Waals surface area (Å²) >= 11 is 0. The molecular formula is C19H36O4. The number of unbranched alkanes of at least 4 members (excludes halogenated alkanes) is 2. The van der Waals surface area contributed by atoms with E-state index in [1.54, 1.807) is 0 Å². The average Bonchev–Trinajstić information content (AvgIpc) is 2.38. The molecule has 0 bridgehead atoms. The molecule has 0 aromatic carbocycles. The topological polar surface area (TPSA) is 74.6 Å². The Bertz CT molecular complexity index is 349. The monoisotopic (exact) mass is 328 g/mol. The molecule has 4 heteroatoms. The van der Waals surface area contributed by atoms with Crippen molar-refractivity contribution in [3.63, 3.8) is 0 Å². The van der Waals surface area contributed by atoms with Gasteiger partial charge in [-0.2, -0.15) is 0 Å². The van der Waals surface area contributed by atoms with E-state index in [9.17, 15) is 9.59 Å². The Morgan fingerprint density at radius 1 is 0.957 bits per heavy atom. The molecule has 0 heterocycles. The minimum Gasteiger partial charge on any atom is -0.481 e. The van der Waals surface area contributed by atoms with Crippen LogP contribution < -0.4 is 0 Å². The Morgan fingerprint density at radius 2 is 1.52 bits per heavy atom. The van der Waals surface area contributed by atoms with Gasteiger partial charge in [-0.15, -0.1) is 0 Å². The Balaban J connectivity index is 4.08. The quantitative estimate of drug-likeness (QED) is 0.421. The molecule has 0 rings (SSSR count). The van der Waals surface area contributed by atoms with Crippen molar-refractivity contribution in [2.45, 2.75) is 91.9 Å². The summed E-state index contributed by atoms with van der Waals surface area (Å²) in [5.74, 6) is -0.900. The van der Waals surface area contributed by atoms with E-state index in [0.717, 1.165) is 51.4 Å². The molecule has 0 aliphatic rings. The first-order valence-electron chi connectivity index (χ1n) is 9.10. The van der Waals surface area contributed by atoms with E-state index in [2.05, 4.69) is 20.8 Å². The van der Waals surface area contributed by atoms with Crippen LogP contribution in [0.25, 0.3) is 0 Å². The Hall–Kier alpha value is -1.06. The molecule has 0 aromatic rings. The van der Waals surface area contributed by atoms with E-state index in [1.807, 2.05) is 6.92 Å². The fraction of sp³-hybridized carbons (Fsp3) is 0.895. The van der Waals surface area contributed by atoms with Crippen molar-refractivity contribution in [2.75, 3.05) is 0 Å². The second-order valence-corrected chi connectivity index (χ2v) is 7.92. The van der Waals surface area contributed by atoms with Gasteiger partial charge < -0.3 is 10.2 Å². The van der Waals surface area contributed by atoms with E-state index in [1.165, 1.54) is 0 Å². The van der Waals surface area contributed by atoms with Gasteiger partial charge in [-0.3, -0.25) is 9.59 Å². The Labute approximate surface area is 141 Å². The van der Waals surface area contributed by atoms with Crippen molar-refractivity contribution < 1.29 is 19.8 Å². The zero-order valence-electron chi connectivity index (χ0n) is 15.4. The van der Waals surface area contributed by atoms with Gasteiger partial charge in [0.05, 0.1) is 0 Å². The molecule has 0 aliphatic carbocycles. The molecular weight excluding hydrogens is 292 g/mol. The maximum Gasteiger partial charge on any atom is 0.303 e. The highest BCUT2D eigenvalue weighted by atomic mass is 16.4. The molecule has 4 nitrogen and oxygen atoms in total. The van der Waals surface area contributed by atoms with Gasteiger partial charge in [0, 0.05) is 12.8 Å². The van der Waals surface area contributed by atoms with E-state index in [4.69, 9.17) is 10.2 Å². The Kier molecular flexibility index (Phi) is 10.9. The number of rotatable bonds is 14. The van der Waals surface area contributed by atoms with E-state index in [-0.39, 0.29) is 17.8 Å². The number of carbonyl (C=O) groups is 2.